The predicted molar refractivity (Wildman–Crippen MR) is 56.1 cm³/mol. The normalized spacial score (nSPS) is 10.4. The van der Waals surface area contributed by atoms with E-state index in [0.717, 1.165) is 12.1 Å². The molecule has 1 heterocycles. The SMILES string of the molecule is Cc1nc2c(F)cc(F)cc2c(Cl)c1C#N. The first kappa shape index (κ1) is 10.8. The number of pyridine rings is 1. The Kier molecular flexibility index (Phi) is 2.49. The van der Waals surface area contributed by atoms with Gasteiger partial charge >= 0.3 is 0 Å². The molecule has 5 heteroatoms. The third-order valence-electron chi connectivity index (χ3n) is 2.24. The van der Waals surface area contributed by atoms with E-state index in [1.165, 1.54) is 0 Å². The maximum absolute atomic E-state index is 13.4. The monoisotopic (exact) mass is 238 g/mol. The number of aromatic nitrogens is 1. The molecule has 0 radical (unpaired) electrons. The third kappa shape index (κ3) is 1.50. The lowest BCUT2D eigenvalue weighted by atomic mass is 10.1. The Morgan fingerprint density at radius 2 is 2.06 bits per heavy atom. The Morgan fingerprint density at radius 3 is 2.69 bits per heavy atom. The Morgan fingerprint density at radius 1 is 1.38 bits per heavy atom. The molecule has 0 saturated heterocycles. The molecular formula is C11H5ClF2N2. The minimum Gasteiger partial charge on any atom is -0.249 e. The fourth-order valence-corrected chi connectivity index (χ4v) is 1.82. The summed E-state index contributed by atoms with van der Waals surface area (Å²) < 4.78 is 26.4. The zero-order valence-electron chi connectivity index (χ0n) is 8.18. The van der Waals surface area contributed by atoms with Crippen LogP contribution in [0.25, 0.3) is 10.9 Å². The van der Waals surface area contributed by atoms with Crippen molar-refractivity contribution in [1.29, 1.82) is 5.26 Å². The van der Waals surface area contributed by atoms with Gasteiger partial charge in [0, 0.05) is 11.5 Å². The second-order valence-corrected chi connectivity index (χ2v) is 3.66. The van der Waals surface area contributed by atoms with Crippen LogP contribution in [0.1, 0.15) is 11.3 Å². The van der Waals surface area contributed by atoms with E-state index < -0.39 is 11.6 Å². The Hall–Kier alpha value is -1.73. The van der Waals surface area contributed by atoms with Crippen molar-refractivity contribution in [2.45, 2.75) is 6.92 Å². The number of hydrogen-bond donors (Lipinski definition) is 0. The zero-order chi connectivity index (χ0) is 11.9. The standard InChI is InChI=1S/C11H5ClF2N2/c1-5-8(4-15)10(12)7-2-6(13)3-9(14)11(7)16-5/h2-3H,1H3. The number of halogens is 3. The molecule has 0 atom stereocenters. The molecule has 0 spiro atoms. The van der Waals surface area contributed by atoms with E-state index in [2.05, 4.69) is 4.98 Å². The van der Waals surface area contributed by atoms with Gasteiger partial charge in [0.05, 0.1) is 16.3 Å². The molecule has 0 bridgehead atoms. The minimum atomic E-state index is -0.788. The maximum atomic E-state index is 13.4. The number of rotatable bonds is 0. The molecule has 0 aliphatic heterocycles. The summed E-state index contributed by atoms with van der Waals surface area (Å²) in [6, 6.07) is 3.65. The van der Waals surface area contributed by atoms with Gasteiger partial charge < -0.3 is 0 Å². The van der Waals surface area contributed by atoms with E-state index in [1.54, 1.807) is 6.92 Å². The van der Waals surface area contributed by atoms with E-state index in [-0.39, 0.29) is 21.5 Å². The number of aryl methyl sites for hydroxylation is 1. The van der Waals surface area contributed by atoms with Crippen LogP contribution >= 0.6 is 11.6 Å². The maximum Gasteiger partial charge on any atom is 0.152 e. The van der Waals surface area contributed by atoms with Gasteiger partial charge in [-0.25, -0.2) is 13.8 Å². The zero-order valence-corrected chi connectivity index (χ0v) is 8.94. The van der Waals surface area contributed by atoms with Crippen molar-refractivity contribution < 1.29 is 8.78 Å². The molecule has 16 heavy (non-hydrogen) atoms. The van der Waals surface area contributed by atoms with Gasteiger partial charge in [0.2, 0.25) is 0 Å². The van der Waals surface area contributed by atoms with Gasteiger partial charge in [0.15, 0.2) is 5.82 Å². The van der Waals surface area contributed by atoms with Crippen molar-refractivity contribution in [1.82, 2.24) is 4.98 Å². The number of benzene rings is 1. The van der Waals surface area contributed by atoms with Crippen LogP contribution in [0.3, 0.4) is 0 Å². The fourth-order valence-electron chi connectivity index (χ4n) is 1.49. The summed E-state index contributed by atoms with van der Waals surface area (Å²) in [7, 11) is 0. The van der Waals surface area contributed by atoms with Crippen molar-refractivity contribution >= 4 is 22.5 Å². The summed E-state index contributed by atoms with van der Waals surface area (Å²) in [6.07, 6.45) is 0. The lowest BCUT2D eigenvalue weighted by Crippen LogP contribution is -1.95. The van der Waals surface area contributed by atoms with Crippen LogP contribution in [0.2, 0.25) is 5.02 Å². The van der Waals surface area contributed by atoms with Crippen molar-refractivity contribution in [3.05, 3.63) is 40.0 Å². The van der Waals surface area contributed by atoms with E-state index in [4.69, 9.17) is 16.9 Å². The van der Waals surface area contributed by atoms with Gasteiger partial charge in [-0.15, -0.1) is 0 Å². The Balaban J connectivity index is 3.00. The average Bonchev–Trinajstić information content (AvgIpc) is 2.21. The quantitative estimate of drug-likeness (QED) is 0.706. The van der Waals surface area contributed by atoms with Gasteiger partial charge in [-0.1, -0.05) is 11.6 Å². The predicted octanol–water partition coefficient (Wildman–Crippen LogP) is 3.35. The first-order valence-corrected chi connectivity index (χ1v) is 4.77. The molecule has 0 fully saturated rings. The Labute approximate surface area is 95.1 Å². The second kappa shape index (κ2) is 3.69. The van der Waals surface area contributed by atoms with E-state index in [9.17, 15) is 8.78 Å². The van der Waals surface area contributed by atoms with Crippen molar-refractivity contribution in [3.63, 3.8) is 0 Å². The molecule has 0 N–H and O–H groups in total. The van der Waals surface area contributed by atoms with E-state index in [1.807, 2.05) is 6.07 Å². The lowest BCUT2D eigenvalue weighted by molar-refractivity contribution is 0.590. The summed E-state index contributed by atoms with van der Waals surface area (Å²) in [6.45, 7) is 1.55. The van der Waals surface area contributed by atoms with Crippen molar-refractivity contribution in [3.8, 4) is 6.07 Å². The van der Waals surface area contributed by atoms with Crippen molar-refractivity contribution in [2.24, 2.45) is 0 Å². The van der Waals surface area contributed by atoms with Gasteiger partial charge in [-0.05, 0) is 13.0 Å². The number of nitriles is 1. The topological polar surface area (TPSA) is 36.7 Å². The summed E-state index contributed by atoms with van der Waals surface area (Å²) in [5.74, 6) is -1.54. The Bertz CT molecular complexity index is 632. The summed E-state index contributed by atoms with van der Waals surface area (Å²) in [5.41, 5.74) is 0.438. The third-order valence-corrected chi connectivity index (χ3v) is 2.63. The highest BCUT2D eigenvalue weighted by atomic mass is 35.5. The first-order chi connectivity index (χ1) is 7.54. The molecule has 0 unspecified atom stereocenters. The minimum absolute atomic E-state index is 0.0251. The van der Waals surface area contributed by atoms with Crippen molar-refractivity contribution in [2.75, 3.05) is 0 Å². The van der Waals surface area contributed by atoms with Gasteiger partial charge in [0.25, 0.3) is 0 Å². The molecule has 1 aromatic heterocycles. The lowest BCUT2D eigenvalue weighted by Gasteiger charge is -2.06. The molecule has 0 aliphatic carbocycles. The van der Waals surface area contributed by atoms with Crippen LogP contribution < -0.4 is 0 Å². The number of hydrogen-bond acceptors (Lipinski definition) is 2. The van der Waals surface area contributed by atoms with Crippen LogP contribution in [0.5, 0.6) is 0 Å². The molecule has 80 valence electrons. The summed E-state index contributed by atoms with van der Waals surface area (Å²) in [4.78, 5) is 3.90. The smallest absolute Gasteiger partial charge is 0.152 e. The molecule has 0 aliphatic rings. The fraction of sp³-hybridized carbons (Fsp3) is 0.0909. The van der Waals surface area contributed by atoms with Crippen LogP contribution in [0, 0.1) is 29.9 Å². The number of fused-ring (bicyclic) bond motifs is 1. The molecule has 1 aromatic carbocycles. The number of nitrogens with zero attached hydrogens (tertiary/aromatic N) is 2. The van der Waals surface area contributed by atoms with Crippen LogP contribution in [0.4, 0.5) is 8.78 Å². The van der Waals surface area contributed by atoms with Gasteiger partial charge in [-0.3, -0.25) is 0 Å². The molecule has 0 amide bonds. The first-order valence-electron chi connectivity index (χ1n) is 4.39. The summed E-state index contributed by atoms with van der Waals surface area (Å²) in [5, 5.41) is 8.98. The second-order valence-electron chi connectivity index (χ2n) is 3.28. The highest BCUT2D eigenvalue weighted by molar-refractivity contribution is 6.36. The molecule has 2 rings (SSSR count). The molecule has 0 saturated carbocycles. The molecule has 2 nitrogen and oxygen atoms in total. The largest absolute Gasteiger partial charge is 0.249 e. The highest BCUT2D eigenvalue weighted by Crippen LogP contribution is 2.29. The van der Waals surface area contributed by atoms with Crippen LogP contribution in [0.15, 0.2) is 12.1 Å². The highest BCUT2D eigenvalue weighted by Gasteiger charge is 2.14. The molecule has 2 aromatic rings. The van der Waals surface area contributed by atoms with Gasteiger partial charge in [0.1, 0.15) is 17.4 Å². The molecular weight excluding hydrogens is 234 g/mol. The van der Waals surface area contributed by atoms with Crippen LogP contribution in [-0.4, -0.2) is 4.98 Å². The van der Waals surface area contributed by atoms with E-state index >= 15 is 0 Å². The van der Waals surface area contributed by atoms with Gasteiger partial charge in [-0.2, -0.15) is 5.26 Å². The summed E-state index contributed by atoms with van der Waals surface area (Å²) >= 11 is 5.90. The average molecular weight is 239 g/mol. The van der Waals surface area contributed by atoms with E-state index in [0.29, 0.717) is 5.69 Å². The van der Waals surface area contributed by atoms with Crippen LogP contribution in [-0.2, 0) is 0 Å².